The molecule has 4 aromatic carbocycles. The molecule has 0 fully saturated rings. The number of carbonyl (C=O) groups is 2. The van der Waals surface area contributed by atoms with Crippen molar-refractivity contribution in [3.63, 3.8) is 0 Å². The van der Waals surface area contributed by atoms with Gasteiger partial charge in [-0.05, 0) is 35.0 Å². The molecule has 0 aliphatic carbocycles. The molecule has 4 rings (SSSR count). The number of fused-ring (bicyclic) bond motifs is 2. The van der Waals surface area contributed by atoms with Gasteiger partial charge >= 0.3 is 11.9 Å². The standard InChI is InChI=1S/C22H12F2O3/c23-19-11-3-5-13-15(19)7-1-9-17(13)21(25)27-22(26)18-10-2-8-16-14(18)6-4-12-20(16)24/h1-12H. The Morgan fingerprint density at radius 1 is 0.556 bits per heavy atom. The van der Waals surface area contributed by atoms with Gasteiger partial charge in [-0.2, -0.15) is 0 Å². The van der Waals surface area contributed by atoms with Crippen molar-refractivity contribution in [1.29, 1.82) is 0 Å². The largest absolute Gasteiger partial charge is 0.386 e. The van der Waals surface area contributed by atoms with E-state index in [0.29, 0.717) is 10.8 Å². The second kappa shape index (κ2) is 6.61. The van der Waals surface area contributed by atoms with Crippen LogP contribution in [0.2, 0.25) is 0 Å². The first kappa shape index (κ1) is 16.8. The maximum absolute atomic E-state index is 13.9. The Hall–Kier alpha value is -3.60. The van der Waals surface area contributed by atoms with Crippen LogP contribution in [-0.2, 0) is 4.74 Å². The number of rotatable bonds is 2. The smallest absolute Gasteiger partial charge is 0.346 e. The lowest BCUT2D eigenvalue weighted by Gasteiger charge is -2.09. The van der Waals surface area contributed by atoms with Crippen molar-refractivity contribution in [2.45, 2.75) is 0 Å². The van der Waals surface area contributed by atoms with Crippen LogP contribution in [-0.4, -0.2) is 11.9 Å². The predicted molar refractivity (Wildman–Crippen MR) is 97.6 cm³/mol. The zero-order valence-electron chi connectivity index (χ0n) is 13.9. The fourth-order valence-electron chi connectivity index (χ4n) is 3.09. The summed E-state index contributed by atoms with van der Waals surface area (Å²) in [6.07, 6.45) is 0. The molecule has 0 aliphatic heterocycles. The van der Waals surface area contributed by atoms with Crippen molar-refractivity contribution in [2.75, 3.05) is 0 Å². The summed E-state index contributed by atoms with van der Waals surface area (Å²) in [5.41, 5.74) is 0.151. The minimum atomic E-state index is -0.899. The zero-order valence-corrected chi connectivity index (χ0v) is 13.9. The van der Waals surface area contributed by atoms with Crippen LogP contribution in [0.4, 0.5) is 8.78 Å². The van der Waals surface area contributed by atoms with Gasteiger partial charge in [-0.15, -0.1) is 0 Å². The third-order valence-corrected chi connectivity index (χ3v) is 4.36. The van der Waals surface area contributed by atoms with Gasteiger partial charge in [0.25, 0.3) is 0 Å². The van der Waals surface area contributed by atoms with Crippen LogP contribution in [0.15, 0.2) is 72.8 Å². The number of esters is 2. The Kier molecular flexibility index (Phi) is 4.12. The normalized spacial score (nSPS) is 10.9. The lowest BCUT2D eigenvalue weighted by molar-refractivity contribution is 0.0400. The Morgan fingerprint density at radius 3 is 1.37 bits per heavy atom. The van der Waals surface area contributed by atoms with E-state index in [9.17, 15) is 18.4 Å². The first-order chi connectivity index (χ1) is 13.1. The molecular weight excluding hydrogens is 350 g/mol. The minimum Gasteiger partial charge on any atom is -0.386 e. The van der Waals surface area contributed by atoms with Gasteiger partial charge in [0, 0.05) is 10.8 Å². The molecule has 0 atom stereocenters. The SMILES string of the molecule is O=C(OC(=O)c1cccc2c(F)cccc12)c1cccc2c(F)cccc12. The van der Waals surface area contributed by atoms with Gasteiger partial charge in [-0.25, -0.2) is 18.4 Å². The number of halogens is 2. The van der Waals surface area contributed by atoms with Crippen molar-refractivity contribution in [2.24, 2.45) is 0 Å². The Morgan fingerprint density at radius 2 is 0.926 bits per heavy atom. The summed E-state index contributed by atoms with van der Waals surface area (Å²) in [7, 11) is 0. The molecular formula is C22H12F2O3. The summed E-state index contributed by atoms with van der Waals surface area (Å²) in [4.78, 5) is 25.0. The molecule has 0 aliphatic rings. The third-order valence-electron chi connectivity index (χ3n) is 4.36. The lowest BCUT2D eigenvalue weighted by atomic mass is 10.0. The predicted octanol–water partition coefficient (Wildman–Crippen LogP) is 5.27. The molecule has 27 heavy (non-hydrogen) atoms. The van der Waals surface area contributed by atoms with Crippen LogP contribution in [0.5, 0.6) is 0 Å². The van der Waals surface area contributed by atoms with Gasteiger partial charge in [0.2, 0.25) is 0 Å². The van der Waals surface area contributed by atoms with E-state index in [1.54, 1.807) is 12.1 Å². The van der Waals surface area contributed by atoms with Crippen LogP contribution in [0, 0.1) is 11.6 Å². The molecule has 0 saturated carbocycles. The van der Waals surface area contributed by atoms with Gasteiger partial charge in [-0.1, -0.05) is 48.5 Å². The van der Waals surface area contributed by atoms with E-state index < -0.39 is 23.6 Å². The second-order valence-electron chi connectivity index (χ2n) is 5.96. The maximum Gasteiger partial charge on any atom is 0.346 e. The Balaban J connectivity index is 1.72. The number of ether oxygens (including phenoxy) is 1. The summed E-state index contributed by atoms with van der Waals surface area (Å²) in [6, 6.07) is 17.7. The summed E-state index contributed by atoms with van der Waals surface area (Å²) < 4.78 is 32.8. The second-order valence-corrected chi connectivity index (χ2v) is 5.96. The highest BCUT2D eigenvalue weighted by Crippen LogP contribution is 2.25. The van der Waals surface area contributed by atoms with E-state index in [4.69, 9.17) is 4.74 Å². The molecule has 132 valence electrons. The monoisotopic (exact) mass is 362 g/mol. The molecule has 0 N–H and O–H groups in total. The van der Waals surface area contributed by atoms with E-state index in [2.05, 4.69) is 0 Å². The van der Waals surface area contributed by atoms with Gasteiger partial charge in [0.05, 0.1) is 11.1 Å². The summed E-state index contributed by atoms with van der Waals surface area (Å²) in [6.45, 7) is 0. The minimum absolute atomic E-state index is 0.0757. The summed E-state index contributed by atoms with van der Waals surface area (Å²) in [5.74, 6) is -2.75. The van der Waals surface area contributed by atoms with Crippen LogP contribution in [0.1, 0.15) is 20.7 Å². The van der Waals surface area contributed by atoms with E-state index >= 15 is 0 Å². The molecule has 0 unspecified atom stereocenters. The average Bonchev–Trinajstić information content (AvgIpc) is 2.68. The molecule has 0 bridgehead atoms. The molecule has 0 aromatic heterocycles. The first-order valence-electron chi connectivity index (χ1n) is 8.17. The van der Waals surface area contributed by atoms with E-state index in [0.717, 1.165) is 0 Å². The number of hydrogen-bond donors (Lipinski definition) is 0. The fraction of sp³-hybridized carbons (Fsp3) is 0. The number of carbonyl (C=O) groups excluding carboxylic acids is 2. The molecule has 0 amide bonds. The highest BCUT2D eigenvalue weighted by molar-refractivity contribution is 6.13. The highest BCUT2D eigenvalue weighted by atomic mass is 19.1. The Bertz CT molecular complexity index is 1120. The van der Waals surface area contributed by atoms with E-state index in [1.807, 2.05) is 0 Å². The topological polar surface area (TPSA) is 43.4 Å². The molecule has 0 heterocycles. The van der Waals surface area contributed by atoms with Crippen molar-refractivity contribution < 1.29 is 23.1 Å². The molecule has 3 nitrogen and oxygen atoms in total. The molecule has 0 spiro atoms. The Labute approximate surface area is 152 Å². The third kappa shape index (κ3) is 2.93. The zero-order chi connectivity index (χ0) is 19.0. The fourth-order valence-corrected chi connectivity index (χ4v) is 3.09. The average molecular weight is 362 g/mol. The van der Waals surface area contributed by atoms with Crippen molar-refractivity contribution in [3.8, 4) is 0 Å². The summed E-state index contributed by atoms with van der Waals surface area (Å²) >= 11 is 0. The van der Waals surface area contributed by atoms with Crippen LogP contribution in [0.3, 0.4) is 0 Å². The molecule has 5 heteroatoms. The van der Waals surface area contributed by atoms with E-state index in [-0.39, 0.29) is 21.9 Å². The first-order valence-corrected chi connectivity index (χ1v) is 8.17. The van der Waals surface area contributed by atoms with Crippen molar-refractivity contribution in [3.05, 3.63) is 95.6 Å². The van der Waals surface area contributed by atoms with Gasteiger partial charge in [0.1, 0.15) is 11.6 Å². The maximum atomic E-state index is 13.9. The van der Waals surface area contributed by atoms with Crippen molar-refractivity contribution >= 4 is 33.5 Å². The quantitative estimate of drug-likeness (QED) is 0.360. The van der Waals surface area contributed by atoms with E-state index in [1.165, 1.54) is 60.7 Å². The van der Waals surface area contributed by atoms with Crippen molar-refractivity contribution in [1.82, 2.24) is 0 Å². The van der Waals surface area contributed by atoms with Crippen LogP contribution < -0.4 is 0 Å². The summed E-state index contributed by atoms with van der Waals surface area (Å²) in [5, 5.41) is 1.21. The number of hydrogen-bond acceptors (Lipinski definition) is 3. The van der Waals surface area contributed by atoms with Gasteiger partial charge < -0.3 is 4.74 Å². The number of benzene rings is 4. The van der Waals surface area contributed by atoms with Crippen LogP contribution in [0.25, 0.3) is 21.5 Å². The van der Waals surface area contributed by atoms with Crippen LogP contribution >= 0.6 is 0 Å². The molecule has 4 aromatic rings. The van der Waals surface area contributed by atoms with Gasteiger partial charge in [-0.3, -0.25) is 0 Å². The van der Waals surface area contributed by atoms with Gasteiger partial charge in [0.15, 0.2) is 0 Å². The molecule has 0 saturated heterocycles. The lowest BCUT2D eigenvalue weighted by Crippen LogP contribution is -2.13. The molecule has 0 radical (unpaired) electrons. The highest BCUT2D eigenvalue weighted by Gasteiger charge is 2.20.